The standard InChI is InChI=1S/C25H32ClN7O6/c1-13(2)18-19(22(37-6)29-12-28-18)33-20-17(21(34)31-23(33)35)15(9-16(26)30-20)38-11-14-10-32(8-7-27-14)24(36)39-25(3,4)5/h9,12-14,27H,7-8,10-11H2,1-6H3,(H,31,34,35)/t14-/m1/s1. The first-order chi connectivity index (χ1) is 18.4. The van der Waals surface area contributed by atoms with Crippen molar-refractivity contribution in [2.24, 2.45) is 0 Å². The highest BCUT2D eigenvalue weighted by Crippen LogP contribution is 2.31. The number of methoxy groups -OCH3 is 1. The Morgan fingerprint density at radius 2 is 2.00 bits per heavy atom. The Labute approximate surface area is 229 Å². The van der Waals surface area contributed by atoms with Gasteiger partial charge in [-0.2, -0.15) is 4.98 Å². The lowest BCUT2D eigenvalue weighted by atomic mass is 10.1. The number of ether oxygens (including phenoxy) is 3. The lowest BCUT2D eigenvalue weighted by molar-refractivity contribution is 0.0178. The predicted octanol–water partition coefficient (Wildman–Crippen LogP) is 2.24. The number of nitrogens with one attached hydrogen (secondary N) is 2. The van der Waals surface area contributed by atoms with Crippen molar-refractivity contribution in [3.8, 4) is 17.3 Å². The summed E-state index contributed by atoms with van der Waals surface area (Å²) >= 11 is 6.35. The molecular weight excluding hydrogens is 530 g/mol. The van der Waals surface area contributed by atoms with Gasteiger partial charge in [-0.15, -0.1) is 0 Å². The Morgan fingerprint density at radius 1 is 1.26 bits per heavy atom. The van der Waals surface area contributed by atoms with Crippen LogP contribution >= 0.6 is 11.6 Å². The van der Waals surface area contributed by atoms with E-state index in [4.69, 9.17) is 25.8 Å². The number of halogens is 1. The highest BCUT2D eigenvalue weighted by Gasteiger charge is 2.29. The summed E-state index contributed by atoms with van der Waals surface area (Å²) in [7, 11) is 1.42. The molecule has 0 radical (unpaired) electrons. The molecule has 1 amide bonds. The van der Waals surface area contributed by atoms with Crippen molar-refractivity contribution in [2.45, 2.75) is 52.2 Å². The van der Waals surface area contributed by atoms with E-state index in [0.29, 0.717) is 25.3 Å². The average Bonchev–Trinajstić information content (AvgIpc) is 2.86. The maximum absolute atomic E-state index is 13.1. The number of H-pyrrole nitrogens is 1. The van der Waals surface area contributed by atoms with E-state index in [-0.39, 0.29) is 52.1 Å². The number of hydrogen-bond donors (Lipinski definition) is 2. The quantitative estimate of drug-likeness (QED) is 0.428. The summed E-state index contributed by atoms with van der Waals surface area (Å²) in [5.41, 5.74) is -1.35. The molecule has 1 saturated heterocycles. The molecule has 0 aliphatic carbocycles. The van der Waals surface area contributed by atoms with Crippen LogP contribution in [0.2, 0.25) is 5.15 Å². The van der Waals surface area contributed by atoms with E-state index in [2.05, 4.69) is 25.3 Å². The van der Waals surface area contributed by atoms with Crippen molar-refractivity contribution in [2.75, 3.05) is 33.4 Å². The van der Waals surface area contributed by atoms with Gasteiger partial charge in [0.15, 0.2) is 5.65 Å². The van der Waals surface area contributed by atoms with E-state index >= 15 is 0 Å². The number of rotatable bonds is 6. The Kier molecular flexibility index (Phi) is 8.12. The predicted molar refractivity (Wildman–Crippen MR) is 144 cm³/mol. The number of piperazine rings is 1. The Morgan fingerprint density at radius 3 is 2.67 bits per heavy atom. The third kappa shape index (κ3) is 6.14. The molecule has 0 aromatic carbocycles. The summed E-state index contributed by atoms with van der Waals surface area (Å²) in [5.74, 6) is 0.131. The van der Waals surface area contributed by atoms with E-state index in [9.17, 15) is 14.4 Å². The average molecular weight is 562 g/mol. The molecule has 3 aromatic rings. The number of nitrogens with zero attached hydrogens (tertiary/aromatic N) is 5. The molecule has 4 rings (SSSR count). The molecule has 1 aliphatic heterocycles. The molecule has 14 heteroatoms. The van der Waals surface area contributed by atoms with Crippen LogP contribution in [0, 0.1) is 0 Å². The third-order valence-electron chi connectivity index (χ3n) is 5.92. The molecule has 1 aliphatic rings. The number of fused-ring (bicyclic) bond motifs is 1. The number of pyridine rings is 1. The van der Waals surface area contributed by atoms with E-state index in [1.54, 1.807) is 4.90 Å². The largest absolute Gasteiger partial charge is 0.491 e. The normalized spacial score (nSPS) is 16.0. The minimum absolute atomic E-state index is 0.00477. The zero-order valence-corrected chi connectivity index (χ0v) is 23.5. The van der Waals surface area contributed by atoms with E-state index in [0.717, 1.165) is 0 Å². The van der Waals surface area contributed by atoms with Gasteiger partial charge in [0.1, 0.15) is 40.5 Å². The van der Waals surface area contributed by atoms with Gasteiger partial charge in [0.25, 0.3) is 5.56 Å². The van der Waals surface area contributed by atoms with E-state index in [1.807, 2.05) is 34.6 Å². The van der Waals surface area contributed by atoms with Crippen molar-refractivity contribution in [1.82, 2.24) is 34.7 Å². The second-order valence-electron chi connectivity index (χ2n) is 10.4. The van der Waals surface area contributed by atoms with Gasteiger partial charge in [-0.05, 0) is 26.7 Å². The van der Waals surface area contributed by atoms with Crippen molar-refractivity contribution in [1.29, 1.82) is 0 Å². The van der Waals surface area contributed by atoms with E-state index < -0.39 is 22.9 Å². The number of carbonyl (C=O) groups excluding carboxylic acids is 1. The fourth-order valence-corrected chi connectivity index (χ4v) is 4.44. The molecule has 1 fully saturated rings. The van der Waals surface area contributed by atoms with Crippen LogP contribution in [0.4, 0.5) is 4.79 Å². The van der Waals surface area contributed by atoms with Crippen molar-refractivity contribution >= 4 is 28.7 Å². The molecule has 0 saturated carbocycles. The van der Waals surface area contributed by atoms with E-state index in [1.165, 1.54) is 24.1 Å². The molecule has 39 heavy (non-hydrogen) atoms. The summed E-state index contributed by atoms with van der Waals surface area (Å²) in [5, 5.41) is 3.32. The summed E-state index contributed by atoms with van der Waals surface area (Å²) in [6.45, 7) is 10.7. The molecule has 0 bridgehead atoms. The first kappa shape index (κ1) is 28.3. The molecule has 2 N–H and O–H groups in total. The fourth-order valence-electron chi connectivity index (χ4n) is 4.27. The number of amides is 1. The van der Waals surface area contributed by atoms with Crippen LogP contribution in [0.1, 0.15) is 46.2 Å². The second-order valence-corrected chi connectivity index (χ2v) is 10.8. The highest BCUT2D eigenvalue weighted by molar-refractivity contribution is 6.30. The first-order valence-corrected chi connectivity index (χ1v) is 12.9. The molecule has 13 nitrogen and oxygen atoms in total. The summed E-state index contributed by atoms with van der Waals surface area (Å²) in [6, 6.07) is 1.15. The van der Waals surface area contributed by atoms with Crippen LogP contribution in [0.15, 0.2) is 22.0 Å². The van der Waals surface area contributed by atoms with Crippen molar-refractivity contribution < 1.29 is 19.0 Å². The molecule has 210 valence electrons. The molecule has 1 atom stereocenters. The van der Waals surface area contributed by atoms with Gasteiger partial charge in [-0.1, -0.05) is 25.4 Å². The Bertz CT molecular complexity index is 1500. The van der Waals surface area contributed by atoms with Crippen LogP contribution < -0.4 is 26.0 Å². The second kappa shape index (κ2) is 11.2. The molecule has 4 heterocycles. The van der Waals surface area contributed by atoms with Crippen LogP contribution in [0.25, 0.3) is 16.7 Å². The van der Waals surface area contributed by atoms with Gasteiger partial charge in [-0.25, -0.2) is 24.1 Å². The maximum atomic E-state index is 13.1. The van der Waals surface area contributed by atoms with Gasteiger partial charge in [0, 0.05) is 25.7 Å². The Balaban J connectivity index is 1.73. The lowest BCUT2D eigenvalue weighted by Crippen LogP contribution is -2.55. The zero-order valence-electron chi connectivity index (χ0n) is 22.7. The van der Waals surface area contributed by atoms with Gasteiger partial charge < -0.3 is 24.4 Å². The van der Waals surface area contributed by atoms with Crippen LogP contribution in [0.3, 0.4) is 0 Å². The first-order valence-electron chi connectivity index (χ1n) is 12.5. The zero-order chi connectivity index (χ0) is 28.5. The van der Waals surface area contributed by atoms with Gasteiger partial charge >= 0.3 is 11.8 Å². The number of carbonyl (C=O) groups is 1. The van der Waals surface area contributed by atoms with Crippen molar-refractivity contribution in [3.05, 3.63) is 44.1 Å². The number of hydrogen-bond acceptors (Lipinski definition) is 10. The Hall–Kier alpha value is -3.71. The summed E-state index contributed by atoms with van der Waals surface area (Å²) in [6.07, 6.45) is 0.926. The topological polar surface area (TPSA) is 154 Å². The molecule has 0 unspecified atom stereocenters. The molecule has 0 spiro atoms. The molecular formula is C25H32ClN7O6. The SMILES string of the molecule is COc1ncnc(C(C)C)c1-n1c(=O)[nH]c(=O)c2c(OC[C@H]3CN(C(=O)OC(C)(C)C)CCN3)cc(Cl)nc21. The maximum Gasteiger partial charge on any atom is 0.410 e. The van der Waals surface area contributed by atoms with Gasteiger partial charge in [-0.3, -0.25) is 9.78 Å². The highest BCUT2D eigenvalue weighted by atomic mass is 35.5. The number of aromatic amines is 1. The van der Waals surface area contributed by atoms with Crippen LogP contribution in [0.5, 0.6) is 11.6 Å². The van der Waals surface area contributed by atoms with Crippen molar-refractivity contribution in [3.63, 3.8) is 0 Å². The molecule has 3 aromatic heterocycles. The monoisotopic (exact) mass is 561 g/mol. The minimum atomic E-state index is -0.759. The number of aromatic nitrogens is 5. The van der Waals surface area contributed by atoms with Crippen LogP contribution in [-0.2, 0) is 4.74 Å². The smallest absolute Gasteiger partial charge is 0.410 e. The van der Waals surface area contributed by atoms with Gasteiger partial charge in [0.05, 0.1) is 18.8 Å². The minimum Gasteiger partial charge on any atom is -0.491 e. The fraction of sp³-hybridized carbons (Fsp3) is 0.520. The van der Waals surface area contributed by atoms with Crippen LogP contribution in [-0.4, -0.2) is 80.5 Å². The third-order valence-corrected chi connectivity index (χ3v) is 6.12. The lowest BCUT2D eigenvalue weighted by Gasteiger charge is -2.34. The van der Waals surface area contributed by atoms with Gasteiger partial charge in [0.2, 0.25) is 5.88 Å². The summed E-state index contributed by atoms with van der Waals surface area (Å²) < 4.78 is 18.1. The summed E-state index contributed by atoms with van der Waals surface area (Å²) in [4.78, 5) is 55.4.